The normalized spacial score (nSPS) is 18.4. The number of urea groups is 1. The minimum absolute atomic E-state index is 0.124. The summed E-state index contributed by atoms with van der Waals surface area (Å²) in [6.45, 7) is 2.65. The molecule has 3 aromatic carbocycles. The third-order valence-corrected chi connectivity index (χ3v) is 8.59. The highest BCUT2D eigenvalue weighted by Crippen LogP contribution is 2.49. The first-order valence-corrected chi connectivity index (χ1v) is 14.3. The Balaban J connectivity index is 1.19. The lowest BCUT2D eigenvalue weighted by Gasteiger charge is -2.30. The number of ether oxygens (including phenoxy) is 1. The van der Waals surface area contributed by atoms with Gasteiger partial charge in [-0.1, -0.05) is 66.6 Å². The molecule has 210 valence electrons. The van der Waals surface area contributed by atoms with Gasteiger partial charge in [0.05, 0.1) is 30.7 Å². The predicted molar refractivity (Wildman–Crippen MR) is 158 cm³/mol. The second-order valence-corrected chi connectivity index (χ2v) is 11.0. The molecule has 0 fully saturated rings. The summed E-state index contributed by atoms with van der Waals surface area (Å²) in [5, 5.41) is 11.0. The number of amides is 2. The zero-order chi connectivity index (χ0) is 28.3. The molecule has 7 heteroatoms. The summed E-state index contributed by atoms with van der Waals surface area (Å²) in [5.41, 5.74) is 8.31. The van der Waals surface area contributed by atoms with Crippen LogP contribution in [0.4, 0.5) is 9.18 Å². The van der Waals surface area contributed by atoms with Crippen LogP contribution in [0.3, 0.4) is 0 Å². The van der Waals surface area contributed by atoms with Gasteiger partial charge in [-0.3, -0.25) is 0 Å². The molecule has 2 aliphatic rings. The van der Waals surface area contributed by atoms with E-state index in [0.29, 0.717) is 12.5 Å². The highest BCUT2D eigenvalue weighted by molar-refractivity contribution is 5.74. The van der Waals surface area contributed by atoms with Crippen molar-refractivity contribution >= 4 is 6.03 Å². The lowest BCUT2D eigenvalue weighted by atomic mass is 9.78. The van der Waals surface area contributed by atoms with Crippen LogP contribution in [0.2, 0.25) is 0 Å². The lowest BCUT2D eigenvalue weighted by Crippen LogP contribution is -2.38. The number of halogens is 1. The molecule has 0 saturated heterocycles. The minimum atomic E-state index is -0.248. The van der Waals surface area contributed by atoms with Crippen LogP contribution in [0.25, 0.3) is 5.69 Å². The molecule has 1 unspecified atom stereocenters. The van der Waals surface area contributed by atoms with E-state index in [0.717, 1.165) is 48.2 Å². The number of hydrogen-bond donors (Lipinski definition) is 2. The maximum atomic E-state index is 13.5. The molecule has 0 spiro atoms. The summed E-state index contributed by atoms with van der Waals surface area (Å²) >= 11 is 0. The molecule has 41 heavy (non-hydrogen) atoms. The Morgan fingerprint density at radius 2 is 1.83 bits per heavy atom. The van der Waals surface area contributed by atoms with E-state index >= 15 is 0 Å². The number of nitrogens with zero attached hydrogens (tertiary/aromatic N) is 2. The zero-order valence-corrected chi connectivity index (χ0v) is 23.4. The van der Waals surface area contributed by atoms with Crippen LogP contribution < -0.4 is 15.4 Å². The number of methoxy groups -OCH3 is 1. The first-order valence-electron chi connectivity index (χ1n) is 14.3. The van der Waals surface area contributed by atoms with E-state index in [-0.39, 0.29) is 23.8 Å². The number of nitrogens with one attached hydrogen (secondary N) is 2. The Morgan fingerprint density at radius 3 is 2.61 bits per heavy atom. The van der Waals surface area contributed by atoms with Crippen LogP contribution >= 0.6 is 0 Å². The smallest absolute Gasteiger partial charge is 0.315 e. The van der Waals surface area contributed by atoms with E-state index < -0.39 is 0 Å². The van der Waals surface area contributed by atoms with E-state index in [1.54, 1.807) is 19.2 Å². The molecule has 6 rings (SSSR count). The maximum Gasteiger partial charge on any atom is 0.315 e. The third-order valence-electron chi connectivity index (χ3n) is 8.59. The molecular formula is C34H35FN4O2. The Bertz CT molecular complexity index is 1560. The van der Waals surface area contributed by atoms with Crippen molar-refractivity contribution in [2.24, 2.45) is 5.92 Å². The largest absolute Gasteiger partial charge is 0.496 e. The van der Waals surface area contributed by atoms with E-state index in [9.17, 15) is 9.18 Å². The second-order valence-electron chi connectivity index (χ2n) is 11.0. The van der Waals surface area contributed by atoms with Crippen molar-refractivity contribution in [2.75, 3.05) is 7.11 Å². The van der Waals surface area contributed by atoms with Crippen LogP contribution in [0.15, 0.2) is 96.2 Å². The van der Waals surface area contributed by atoms with Gasteiger partial charge in [0.1, 0.15) is 11.6 Å². The van der Waals surface area contributed by atoms with Crippen molar-refractivity contribution in [3.8, 4) is 11.4 Å². The molecule has 0 radical (unpaired) electrons. The maximum absolute atomic E-state index is 13.5. The molecule has 4 aromatic rings. The monoisotopic (exact) mass is 550 g/mol. The van der Waals surface area contributed by atoms with Gasteiger partial charge in [-0.25, -0.2) is 13.9 Å². The number of para-hydroxylation sites is 1. The average Bonchev–Trinajstić information content (AvgIpc) is 3.61. The quantitative estimate of drug-likeness (QED) is 0.232. The van der Waals surface area contributed by atoms with Gasteiger partial charge in [0, 0.05) is 30.0 Å². The van der Waals surface area contributed by atoms with Crippen molar-refractivity contribution in [1.82, 2.24) is 20.4 Å². The molecular weight excluding hydrogens is 515 g/mol. The molecule has 2 aliphatic carbocycles. The van der Waals surface area contributed by atoms with Crippen molar-refractivity contribution in [3.63, 3.8) is 0 Å². The van der Waals surface area contributed by atoms with Gasteiger partial charge in [0.2, 0.25) is 0 Å². The van der Waals surface area contributed by atoms with E-state index in [1.165, 1.54) is 34.5 Å². The van der Waals surface area contributed by atoms with E-state index in [4.69, 9.17) is 9.84 Å². The molecule has 1 heterocycles. The van der Waals surface area contributed by atoms with E-state index in [1.807, 2.05) is 53.3 Å². The standard InChI is InChI=1S/C34H35FN4O2/c1-22-29-21-37-39(28-16-14-27(35)15-17-28)31(29)19-25-13-12-24(33(22)25)18-30(23-8-4-3-5-9-23)38-34(40)36-20-26-10-6-7-11-32(26)41-2/h3-11,14-17,21-22,24,30H,12-13,18-20H2,1-2H3,(H2,36,38,40)/t22-,24+,30?/m0/s1. The van der Waals surface area contributed by atoms with Gasteiger partial charge in [0.25, 0.3) is 0 Å². The summed E-state index contributed by atoms with van der Waals surface area (Å²) in [6, 6.07) is 24.1. The highest BCUT2D eigenvalue weighted by Gasteiger charge is 2.37. The molecule has 0 saturated carbocycles. The molecule has 1 aromatic heterocycles. The van der Waals surface area contributed by atoms with Gasteiger partial charge in [0.15, 0.2) is 0 Å². The van der Waals surface area contributed by atoms with Crippen molar-refractivity contribution < 1.29 is 13.9 Å². The number of hydrogen-bond acceptors (Lipinski definition) is 3. The summed E-state index contributed by atoms with van der Waals surface area (Å²) in [5.74, 6) is 1.11. The molecule has 0 bridgehead atoms. The fraction of sp³-hybridized carbons (Fsp3) is 0.294. The number of carbonyl (C=O) groups excluding carboxylic acids is 1. The number of allylic oxidation sites excluding steroid dienone is 2. The van der Waals surface area contributed by atoms with E-state index in [2.05, 4.69) is 29.7 Å². The van der Waals surface area contributed by atoms with Gasteiger partial charge in [-0.15, -0.1) is 0 Å². The number of fused-ring (bicyclic) bond motifs is 1. The van der Waals surface area contributed by atoms with Crippen molar-refractivity contribution in [3.05, 3.63) is 124 Å². The molecule has 3 atom stereocenters. The van der Waals surface area contributed by atoms with Crippen molar-refractivity contribution in [1.29, 1.82) is 0 Å². The molecule has 2 amide bonds. The first kappa shape index (κ1) is 26.8. The number of carbonyl (C=O) groups is 1. The Labute approximate surface area is 240 Å². The molecule has 0 aliphatic heterocycles. The molecule has 6 nitrogen and oxygen atoms in total. The van der Waals surface area contributed by atoms with Crippen LogP contribution in [0.5, 0.6) is 5.75 Å². The van der Waals surface area contributed by atoms with Gasteiger partial charge >= 0.3 is 6.03 Å². The Hall–Kier alpha value is -4.39. The van der Waals surface area contributed by atoms with Crippen LogP contribution in [0.1, 0.15) is 60.5 Å². The lowest BCUT2D eigenvalue weighted by molar-refractivity contribution is 0.234. The molecule has 2 N–H and O–H groups in total. The summed E-state index contributed by atoms with van der Waals surface area (Å²) in [4.78, 5) is 13.1. The number of rotatable bonds is 8. The predicted octanol–water partition coefficient (Wildman–Crippen LogP) is 7.02. The van der Waals surface area contributed by atoms with Gasteiger partial charge in [-0.05, 0) is 61.1 Å². The number of aromatic nitrogens is 2. The SMILES string of the molecule is COc1ccccc1CNC(=O)NC(C[C@H]1CCC2=C1[C@@H](C)c1cnn(-c3ccc(F)cc3)c1C2)c1ccccc1. The average molecular weight is 551 g/mol. The summed E-state index contributed by atoms with van der Waals surface area (Å²) in [6.07, 6.45) is 5.76. The third kappa shape index (κ3) is 5.49. The summed E-state index contributed by atoms with van der Waals surface area (Å²) < 4.78 is 20.9. The highest BCUT2D eigenvalue weighted by atomic mass is 19.1. The van der Waals surface area contributed by atoms with Gasteiger partial charge < -0.3 is 15.4 Å². The fourth-order valence-electron chi connectivity index (χ4n) is 6.61. The second kappa shape index (κ2) is 11.6. The van der Waals surface area contributed by atoms with Crippen molar-refractivity contribution in [2.45, 2.75) is 51.1 Å². The topological polar surface area (TPSA) is 68.2 Å². The van der Waals surface area contributed by atoms with Crippen LogP contribution in [-0.4, -0.2) is 22.9 Å². The minimum Gasteiger partial charge on any atom is -0.496 e. The Kier molecular flexibility index (Phi) is 7.59. The summed E-state index contributed by atoms with van der Waals surface area (Å²) in [7, 11) is 1.64. The number of benzene rings is 3. The van der Waals surface area contributed by atoms with Crippen LogP contribution in [0, 0.1) is 11.7 Å². The van der Waals surface area contributed by atoms with Crippen LogP contribution in [-0.2, 0) is 13.0 Å². The zero-order valence-electron chi connectivity index (χ0n) is 23.4. The Morgan fingerprint density at radius 1 is 1.07 bits per heavy atom. The van der Waals surface area contributed by atoms with Gasteiger partial charge in [-0.2, -0.15) is 5.10 Å². The first-order chi connectivity index (χ1) is 20.0. The fourth-order valence-corrected chi connectivity index (χ4v) is 6.61.